The Hall–Kier alpha value is -3.39. The van der Waals surface area contributed by atoms with Crippen LogP contribution in [0, 0.1) is 5.41 Å². The van der Waals surface area contributed by atoms with Gasteiger partial charge >= 0.3 is 12.1 Å². The summed E-state index contributed by atoms with van der Waals surface area (Å²) in [6, 6.07) is 16.2. The van der Waals surface area contributed by atoms with Crippen molar-refractivity contribution in [3.05, 3.63) is 59.7 Å². The van der Waals surface area contributed by atoms with E-state index in [0.29, 0.717) is 26.1 Å². The van der Waals surface area contributed by atoms with Crippen LogP contribution in [0.4, 0.5) is 4.79 Å². The molecule has 34 heavy (non-hydrogen) atoms. The molecule has 1 aliphatic carbocycles. The third-order valence-electron chi connectivity index (χ3n) is 7.32. The second-order valence-corrected chi connectivity index (χ2v) is 9.67. The van der Waals surface area contributed by atoms with Gasteiger partial charge < -0.3 is 24.8 Å². The number of fused-ring (bicyclic) bond motifs is 3. The Labute approximate surface area is 197 Å². The van der Waals surface area contributed by atoms with Crippen LogP contribution in [-0.2, 0) is 19.1 Å². The zero-order valence-corrected chi connectivity index (χ0v) is 19.1. The monoisotopic (exact) mass is 464 g/mol. The fourth-order valence-corrected chi connectivity index (χ4v) is 5.32. The van der Waals surface area contributed by atoms with E-state index >= 15 is 0 Å². The van der Waals surface area contributed by atoms with Crippen molar-refractivity contribution in [2.75, 3.05) is 32.9 Å². The van der Waals surface area contributed by atoms with Crippen LogP contribution in [0.2, 0.25) is 0 Å². The van der Waals surface area contributed by atoms with Crippen LogP contribution in [0.3, 0.4) is 0 Å². The minimum Gasteiger partial charge on any atom is -0.481 e. The first-order valence-corrected chi connectivity index (χ1v) is 11.6. The summed E-state index contributed by atoms with van der Waals surface area (Å²) in [5.41, 5.74) is 2.40. The number of carboxylic acids is 1. The fourth-order valence-electron chi connectivity index (χ4n) is 5.32. The van der Waals surface area contributed by atoms with Gasteiger partial charge in [0.1, 0.15) is 17.6 Å². The molecule has 8 nitrogen and oxygen atoms in total. The molecule has 2 fully saturated rings. The van der Waals surface area contributed by atoms with Gasteiger partial charge in [-0.25, -0.2) is 4.79 Å². The van der Waals surface area contributed by atoms with Gasteiger partial charge in [-0.1, -0.05) is 48.5 Å². The number of nitrogens with zero attached hydrogens (tertiary/aromatic N) is 1. The van der Waals surface area contributed by atoms with Crippen LogP contribution in [0.5, 0.6) is 0 Å². The highest BCUT2D eigenvalue weighted by molar-refractivity contribution is 5.92. The molecule has 8 heteroatoms. The van der Waals surface area contributed by atoms with Gasteiger partial charge in [0.2, 0.25) is 5.91 Å². The van der Waals surface area contributed by atoms with Gasteiger partial charge in [-0.15, -0.1) is 0 Å². The highest BCUT2D eigenvalue weighted by Gasteiger charge is 2.53. The van der Waals surface area contributed by atoms with Crippen molar-refractivity contribution in [3.8, 4) is 11.1 Å². The van der Waals surface area contributed by atoms with E-state index in [2.05, 4.69) is 17.4 Å². The molecular weight excluding hydrogens is 436 g/mol. The summed E-state index contributed by atoms with van der Waals surface area (Å²) >= 11 is 0. The molecule has 2 saturated heterocycles. The summed E-state index contributed by atoms with van der Waals surface area (Å²) < 4.78 is 11.1. The quantitative estimate of drug-likeness (QED) is 0.705. The third-order valence-corrected chi connectivity index (χ3v) is 7.32. The number of rotatable bonds is 5. The molecule has 5 rings (SSSR count). The number of ether oxygens (including phenoxy) is 2. The zero-order chi connectivity index (χ0) is 23.9. The molecular formula is C26H28N2O6. The Kier molecular flexibility index (Phi) is 5.56. The summed E-state index contributed by atoms with van der Waals surface area (Å²) in [6.45, 7) is 2.68. The average molecular weight is 465 g/mol. The number of aliphatic carboxylic acids is 1. The van der Waals surface area contributed by atoms with Gasteiger partial charge in [0.15, 0.2) is 0 Å². The van der Waals surface area contributed by atoms with Crippen molar-refractivity contribution < 1.29 is 29.0 Å². The number of nitrogens with one attached hydrogen (secondary N) is 1. The van der Waals surface area contributed by atoms with E-state index in [1.165, 1.54) is 4.90 Å². The molecule has 2 aliphatic heterocycles. The molecule has 0 bridgehead atoms. The van der Waals surface area contributed by atoms with Gasteiger partial charge in [-0.05, 0) is 29.2 Å². The van der Waals surface area contributed by atoms with Crippen LogP contribution in [0.1, 0.15) is 36.8 Å². The van der Waals surface area contributed by atoms with E-state index in [1.54, 1.807) is 6.92 Å². The lowest BCUT2D eigenvalue weighted by Crippen LogP contribution is -2.69. The molecule has 2 amide bonds. The molecule has 2 N–H and O–H groups in total. The molecule has 2 aromatic rings. The van der Waals surface area contributed by atoms with Gasteiger partial charge in [-0.2, -0.15) is 0 Å². The zero-order valence-electron chi connectivity index (χ0n) is 19.1. The Bertz CT molecular complexity index is 1090. The lowest BCUT2D eigenvalue weighted by Gasteiger charge is -2.49. The minimum absolute atomic E-state index is 0.0776. The number of hydrogen-bond acceptors (Lipinski definition) is 5. The number of amides is 2. The lowest BCUT2D eigenvalue weighted by molar-refractivity contribution is -0.168. The first-order chi connectivity index (χ1) is 16.3. The number of likely N-dealkylation sites (tertiary alicyclic amines) is 1. The van der Waals surface area contributed by atoms with Crippen LogP contribution < -0.4 is 5.32 Å². The van der Waals surface area contributed by atoms with Crippen LogP contribution in [0.15, 0.2) is 48.5 Å². The molecule has 0 radical (unpaired) electrons. The van der Waals surface area contributed by atoms with Crippen molar-refractivity contribution in [1.82, 2.24) is 10.2 Å². The Morgan fingerprint density at radius 3 is 2.15 bits per heavy atom. The maximum absolute atomic E-state index is 13.3. The molecule has 2 heterocycles. The minimum atomic E-state index is -1.15. The number of carbonyl (C=O) groups excluding carboxylic acids is 2. The Morgan fingerprint density at radius 1 is 1.03 bits per heavy atom. The number of carboxylic acid groups (broad SMARTS) is 1. The standard InChI is InChI=1S/C26H28N2O6/c1-25(23(30)31)15-28(16-25)22(29)26(10-12-33-13-11-26)27-24(32)34-14-21-19-8-4-2-6-17(19)18-7-3-5-9-20(18)21/h2-9,21H,10-16H2,1H3,(H,27,32)(H,30,31). The highest BCUT2D eigenvalue weighted by Crippen LogP contribution is 2.44. The SMILES string of the molecule is CC1(C(=O)O)CN(C(=O)C2(NC(=O)OCC3c4ccccc4-c4ccccc43)CCOCC2)C1. The van der Waals surface area contributed by atoms with Gasteiger partial charge in [0, 0.05) is 45.1 Å². The van der Waals surface area contributed by atoms with Crippen molar-refractivity contribution >= 4 is 18.0 Å². The molecule has 0 spiro atoms. The number of carbonyl (C=O) groups is 3. The van der Waals surface area contributed by atoms with Crippen LogP contribution in [0.25, 0.3) is 11.1 Å². The molecule has 3 aliphatic rings. The lowest BCUT2D eigenvalue weighted by atomic mass is 9.79. The number of benzene rings is 2. The number of alkyl carbamates (subject to hydrolysis) is 1. The first kappa shape index (κ1) is 22.4. The van der Waals surface area contributed by atoms with E-state index in [4.69, 9.17) is 9.47 Å². The maximum atomic E-state index is 13.3. The normalized spacial score (nSPS) is 20.0. The van der Waals surface area contributed by atoms with Crippen molar-refractivity contribution in [2.24, 2.45) is 5.41 Å². The first-order valence-electron chi connectivity index (χ1n) is 11.6. The fraction of sp³-hybridized carbons (Fsp3) is 0.423. The predicted octanol–water partition coefficient (Wildman–Crippen LogP) is 3.01. The van der Waals surface area contributed by atoms with E-state index in [0.717, 1.165) is 22.3 Å². The summed E-state index contributed by atoms with van der Waals surface area (Å²) in [5, 5.41) is 12.2. The summed E-state index contributed by atoms with van der Waals surface area (Å²) in [4.78, 5) is 39.2. The van der Waals surface area contributed by atoms with Crippen LogP contribution >= 0.6 is 0 Å². The number of hydrogen-bond donors (Lipinski definition) is 2. The van der Waals surface area contributed by atoms with E-state index < -0.39 is 23.0 Å². The predicted molar refractivity (Wildman–Crippen MR) is 123 cm³/mol. The van der Waals surface area contributed by atoms with Gasteiger partial charge in [0.05, 0.1) is 0 Å². The molecule has 178 valence electrons. The van der Waals surface area contributed by atoms with Crippen molar-refractivity contribution in [1.29, 1.82) is 0 Å². The van der Waals surface area contributed by atoms with Gasteiger partial charge in [0.25, 0.3) is 0 Å². The van der Waals surface area contributed by atoms with E-state index in [9.17, 15) is 19.5 Å². The summed E-state index contributed by atoms with van der Waals surface area (Å²) in [5.74, 6) is -1.28. The summed E-state index contributed by atoms with van der Waals surface area (Å²) in [7, 11) is 0. The second-order valence-electron chi connectivity index (χ2n) is 9.67. The highest BCUT2D eigenvalue weighted by atomic mass is 16.5. The molecule has 0 saturated carbocycles. The van der Waals surface area contributed by atoms with E-state index in [-0.39, 0.29) is 31.5 Å². The average Bonchev–Trinajstić information content (AvgIpc) is 3.14. The molecule has 0 atom stereocenters. The summed E-state index contributed by atoms with van der Waals surface area (Å²) in [6.07, 6.45) is -0.0225. The van der Waals surface area contributed by atoms with Gasteiger partial charge in [-0.3, -0.25) is 9.59 Å². The molecule has 0 unspecified atom stereocenters. The molecule has 2 aromatic carbocycles. The topological polar surface area (TPSA) is 105 Å². The third kappa shape index (κ3) is 3.72. The van der Waals surface area contributed by atoms with E-state index in [1.807, 2.05) is 36.4 Å². The van der Waals surface area contributed by atoms with Crippen LogP contribution in [-0.4, -0.2) is 66.4 Å². The Balaban J connectivity index is 1.28. The van der Waals surface area contributed by atoms with Crippen molar-refractivity contribution in [3.63, 3.8) is 0 Å². The maximum Gasteiger partial charge on any atom is 0.408 e. The molecule has 0 aromatic heterocycles. The smallest absolute Gasteiger partial charge is 0.408 e. The largest absolute Gasteiger partial charge is 0.481 e. The second kappa shape index (κ2) is 8.43. The van der Waals surface area contributed by atoms with Crippen molar-refractivity contribution in [2.45, 2.75) is 31.2 Å². The Morgan fingerprint density at radius 2 is 1.59 bits per heavy atom.